The molecule has 0 atom stereocenters. The van der Waals surface area contributed by atoms with Crippen LogP contribution in [0.15, 0.2) is 47.5 Å². The molecule has 0 aliphatic rings. The van der Waals surface area contributed by atoms with Crippen molar-refractivity contribution in [3.63, 3.8) is 0 Å². The van der Waals surface area contributed by atoms with Crippen molar-refractivity contribution < 1.29 is 0 Å². The van der Waals surface area contributed by atoms with E-state index in [0.29, 0.717) is 0 Å². The second kappa shape index (κ2) is 4.84. The van der Waals surface area contributed by atoms with E-state index in [1.165, 1.54) is 0 Å². The summed E-state index contributed by atoms with van der Waals surface area (Å²) in [5, 5.41) is 2.82. The molecule has 3 aromatic rings. The fraction of sp³-hybridized carbons (Fsp3) is 0.250. The monoisotopic (exact) mass is 252 g/mol. The third kappa shape index (κ3) is 1.91. The van der Waals surface area contributed by atoms with Crippen molar-refractivity contribution in [3.8, 4) is 0 Å². The molecule has 19 heavy (non-hydrogen) atoms. The first-order valence-electron chi connectivity index (χ1n) is 6.68. The summed E-state index contributed by atoms with van der Waals surface area (Å²) in [6.07, 6.45) is 5.68. The molecule has 0 N–H and O–H groups in total. The van der Waals surface area contributed by atoms with E-state index in [1.54, 1.807) is 6.20 Å². The van der Waals surface area contributed by atoms with Crippen LogP contribution >= 0.6 is 0 Å². The van der Waals surface area contributed by atoms with Gasteiger partial charge >= 0.3 is 0 Å². The van der Waals surface area contributed by atoms with Gasteiger partial charge in [-0.2, -0.15) is 0 Å². The maximum Gasteiger partial charge on any atom is 0.258 e. The molecule has 1 aromatic carbocycles. The maximum absolute atomic E-state index is 12.6. The Morgan fingerprint density at radius 3 is 2.68 bits per heavy atom. The highest BCUT2D eigenvalue weighted by molar-refractivity contribution is 6.05. The van der Waals surface area contributed by atoms with Gasteiger partial charge in [0.25, 0.3) is 5.56 Å². The molecule has 0 fully saturated rings. The van der Waals surface area contributed by atoms with Gasteiger partial charge in [-0.05, 0) is 23.9 Å². The second-order valence-electron chi connectivity index (χ2n) is 4.75. The van der Waals surface area contributed by atoms with E-state index in [0.717, 1.165) is 41.1 Å². The van der Waals surface area contributed by atoms with E-state index in [-0.39, 0.29) is 5.56 Å². The SMILES string of the molecule is CCCCn1c(=O)c2ccccc2c2cnccc21. The average Bonchev–Trinajstić information content (AvgIpc) is 2.47. The molecule has 3 heteroatoms. The lowest BCUT2D eigenvalue weighted by Gasteiger charge is -2.12. The van der Waals surface area contributed by atoms with Crippen LogP contribution in [0.5, 0.6) is 0 Å². The zero-order chi connectivity index (χ0) is 13.2. The first-order valence-corrected chi connectivity index (χ1v) is 6.68. The average molecular weight is 252 g/mol. The van der Waals surface area contributed by atoms with Gasteiger partial charge in [-0.3, -0.25) is 9.78 Å². The topological polar surface area (TPSA) is 34.9 Å². The van der Waals surface area contributed by atoms with Gasteiger partial charge in [-0.25, -0.2) is 0 Å². The van der Waals surface area contributed by atoms with Gasteiger partial charge in [0.05, 0.1) is 5.52 Å². The summed E-state index contributed by atoms with van der Waals surface area (Å²) in [5.74, 6) is 0. The largest absolute Gasteiger partial charge is 0.308 e. The van der Waals surface area contributed by atoms with Gasteiger partial charge in [0.2, 0.25) is 0 Å². The number of rotatable bonds is 3. The number of nitrogens with zero attached hydrogens (tertiary/aromatic N) is 2. The van der Waals surface area contributed by atoms with E-state index < -0.39 is 0 Å². The van der Waals surface area contributed by atoms with Crippen molar-refractivity contribution in [3.05, 3.63) is 53.1 Å². The molecule has 0 saturated heterocycles. The quantitative estimate of drug-likeness (QED) is 0.670. The zero-order valence-corrected chi connectivity index (χ0v) is 11.0. The third-order valence-electron chi connectivity index (χ3n) is 3.52. The fourth-order valence-electron chi connectivity index (χ4n) is 2.53. The minimum Gasteiger partial charge on any atom is -0.308 e. The van der Waals surface area contributed by atoms with Crippen LogP contribution in [0.4, 0.5) is 0 Å². The van der Waals surface area contributed by atoms with Crippen molar-refractivity contribution in [2.24, 2.45) is 0 Å². The maximum atomic E-state index is 12.6. The summed E-state index contributed by atoms with van der Waals surface area (Å²) in [6, 6.07) is 9.69. The Bertz CT molecular complexity index is 789. The Labute approximate surface area is 111 Å². The van der Waals surface area contributed by atoms with E-state index in [1.807, 2.05) is 41.1 Å². The van der Waals surface area contributed by atoms with Crippen LogP contribution in [0.1, 0.15) is 19.8 Å². The lowest BCUT2D eigenvalue weighted by Crippen LogP contribution is -2.21. The minimum absolute atomic E-state index is 0.0998. The van der Waals surface area contributed by atoms with Crippen LogP contribution in [0.3, 0.4) is 0 Å². The molecular weight excluding hydrogens is 236 g/mol. The highest BCUT2D eigenvalue weighted by atomic mass is 16.1. The summed E-state index contributed by atoms with van der Waals surface area (Å²) >= 11 is 0. The third-order valence-corrected chi connectivity index (χ3v) is 3.52. The molecule has 0 aliphatic heterocycles. The summed E-state index contributed by atoms with van der Waals surface area (Å²) in [4.78, 5) is 16.8. The summed E-state index contributed by atoms with van der Waals surface area (Å²) in [5.41, 5.74) is 1.08. The Morgan fingerprint density at radius 1 is 1.11 bits per heavy atom. The van der Waals surface area contributed by atoms with Gasteiger partial charge in [0.15, 0.2) is 0 Å². The molecular formula is C16H16N2O. The molecule has 3 nitrogen and oxygen atoms in total. The molecule has 3 rings (SSSR count). The molecule has 0 aliphatic carbocycles. The van der Waals surface area contributed by atoms with Crippen molar-refractivity contribution in [1.82, 2.24) is 9.55 Å². The molecule has 2 heterocycles. The smallest absolute Gasteiger partial charge is 0.258 e. The number of aryl methyl sites for hydroxylation is 1. The lowest BCUT2D eigenvalue weighted by molar-refractivity contribution is 0.635. The molecule has 0 amide bonds. The van der Waals surface area contributed by atoms with Crippen LogP contribution in [0, 0.1) is 0 Å². The number of aromatic nitrogens is 2. The van der Waals surface area contributed by atoms with Crippen molar-refractivity contribution in [2.45, 2.75) is 26.3 Å². The zero-order valence-electron chi connectivity index (χ0n) is 11.0. The number of hydrogen-bond acceptors (Lipinski definition) is 2. The molecule has 96 valence electrons. The number of pyridine rings is 2. The van der Waals surface area contributed by atoms with Crippen molar-refractivity contribution >= 4 is 21.7 Å². The molecule has 2 aromatic heterocycles. The van der Waals surface area contributed by atoms with Crippen molar-refractivity contribution in [1.29, 1.82) is 0 Å². The molecule has 0 saturated carbocycles. The number of benzene rings is 1. The Kier molecular flexibility index (Phi) is 3.03. The van der Waals surface area contributed by atoms with Crippen molar-refractivity contribution in [2.75, 3.05) is 0 Å². The van der Waals surface area contributed by atoms with Gasteiger partial charge in [-0.15, -0.1) is 0 Å². The minimum atomic E-state index is 0.0998. The standard InChI is InChI=1S/C16H16N2O/c1-2-3-10-18-15-8-9-17-11-14(15)12-6-4-5-7-13(12)16(18)19/h4-9,11H,2-3,10H2,1H3. The number of unbranched alkanes of at least 4 members (excludes halogenated alkanes) is 1. The number of fused-ring (bicyclic) bond motifs is 3. The predicted molar refractivity (Wildman–Crippen MR) is 78.4 cm³/mol. The van der Waals surface area contributed by atoms with E-state index >= 15 is 0 Å². The lowest BCUT2D eigenvalue weighted by atomic mass is 10.1. The van der Waals surface area contributed by atoms with E-state index in [2.05, 4.69) is 11.9 Å². The van der Waals surface area contributed by atoms with Crippen LogP contribution in [0.25, 0.3) is 21.7 Å². The fourth-order valence-corrected chi connectivity index (χ4v) is 2.53. The molecule has 0 spiro atoms. The molecule has 0 bridgehead atoms. The Morgan fingerprint density at radius 2 is 1.89 bits per heavy atom. The van der Waals surface area contributed by atoms with Crippen LogP contribution in [0.2, 0.25) is 0 Å². The second-order valence-corrected chi connectivity index (χ2v) is 4.75. The summed E-state index contributed by atoms with van der Waals surface area (Å²) < 4.78 is 1.88. The highest BCUT2D eigenvalue weighted by Crippen LogP contribution is 2.21. The Balaban J connectivity index is 2.44. The molecule has 0 radical (unpaired) electrons. The Hall–Kier alpha value is -2.16. The van der Waals surface area contributed by atoms with Crippen LogP contribution in [-0.4, -0.2) is 9.55 Å². The first kappa shape index (κ1) is 11.9. The molecule has 0 unspecified atom stereocenters. The van der Waals surface area contributed by atoms with E-state index in [4.69, 9.17) is 0 Å². The highest BCUT2D eigenvalue weighted by Gasteiger charge is 2.09. The predicted octanol–water partition coefficient (Wildman–Crippen LogP) is 3.35. The van der Waals surface area contributed by atoms with Gasteiger partial charge in [-0.1, -0.05) is 31.5 Å². The first-order chi connectivity index (χ1) is 9.33. The summed E-state index contributed by atoms with van der Waals surface area (Å²) in [6.45, 7) is 2.90. The van der Waals surface area contributed by atoms with Crippen LogP contribution < -0.4 is 5.56 Å². The van der Waals surface area contributed by atoms with Gasteiger partial charge in [0, 0.05) is 29.7 Å². The summed E-state index contributed by atoms with van der Waals surface area (Å²) in [7, 11) is 0. The van der Waals surface area contributed by atoms with Crippen LogP contribution in [-0.2, 0) is 6.54 Å². The van der Waals surface area contributed by atoms with E-state index in [9.17, 15) is 4.79 Å². The normalized spacial score (nSPS) is 11.2. The number of hydrogen-bond donors (Lipinski definition) is 0. The van der Waals surface area contributed by atoms with Gasteiger partial charge < -0.3 is 4.57 Å². The van der Waals surface area contributed by atoms with Gasteiger partial charge in [0.1, 0.15) is 0 Å².